The van der Waals surface area contributed by atoms with E-state index in [2.05, 4.69) is 11.2 Å². The highest BCUT2D eigenvalue weighted by molar-refractivity contribution is 5.67. The Bertz CT molecular complexity index is 433. The number of hydrogen-bond donors (Lipinski definition) is 1. The first-order chi connectivity index (χ1) is 9.21. The molecule has 1 aromatic heterocycles. The Labute approximate surface area is 113 Å². The summed E-state index contributed by atoms with van der Waals surface area (Å²) in [7, 11) is 1.56. The predicted octanol–water partition coefficient (Wildman–Crippen LogP) is 2.28. The summed E-state index contributed by atoms with van der Waals surface area (Å²) in [5.74, 6) is 3.90. The summed E-state index contributed by atoms with van der Waals surface area (Å²) >= 11 is 0. The summed E-state index contributed by atoms with van der Waals surface area (Å²) in [5.41, 5.74) is 0. The first-order valence-electron chi connectivity index (χ1n) is 6.15. The van der Waals surface area contributed by atoms with Crippen LogP contribution in [0, 0.1) is 12.3 Å². The van der Waals surface area contributed by atoms with E-state index in [1.807, 2.05) is 19.1 Å². The van der Waals surface area contributed by atoms with Crippen molar-refractivity contribution in [3.63, 3.8) is 0 Å². The van der Waals surface area contributed by atoms with Gasteiger partial charge in [-0.1, -0.05) is 6.92 Å². The highest BCUT2D eigenvalue weighted by atomic mass is 16.5. The van der Waals surface area contributed by atoms with Crippen molar-refractivity contribution in [1.29, 1.82) is 0 Å². The van der Waals surface area contributed by atoms with Gasteiger partial charge in [0.25, 0.3) is 0 Å². The van der Waals surface area contributed by atoms with Gasteiger partial charge in [0, 0.05) is 20.0 Å². The zero-order valence-corrected chi connectivity index (χ0v) is 11.3. The lowest BCUT2D eigenvalue weighted by Gasteiger charge is -2.15. The van der Waals surface area contributed by atoms with E-state index in [4.69, 9.17) is 20.3 Å². The second kappa shape index (κ2) is 8.22. The molecule has 1 heterocycles. The molecule has 1 N–H and O–H groups in total. The van der Waals surface area contributed by atoms with Gasteiger partial charge in [-0.25, -0.2) is 4.79 Å². The normalized spacial score (nSPS) is 11.6. The molecule has 0 unspecified atom stereocenters. The van der Waals surface area contributed by atoms with Gasteiger partial charge in [0.15, 0.2) is 0 Å². The number of methoxy groups -OCH3 is 1. The van der Waals surface area contributed by atoms with Gasteiger partial charge >= 0.3 is 6.09 Å². The Morgan fingerprint density at radius 1 is 1.58 bits per heavy atom. The Morgan fingerprint density at radius 2 is 2.37 bits per heavy atom. The van der Waals surface area contributed by atoms with Gasteiger partial charge in [0.05, 0.1) is 6.61 Å². The largest absolute Gasteiger partial charge is 0.464 e. The fraction of sp³-hybridized carbons (Fsp3) is 0.500. The maximum atomic E-state index is 11.6. The number of hydrogen-bond acceptors (Lipinski definition) is 4. The van der Waals surface area contributed by atoms with Crippen LogP contribution in [-0.4, -0.2) is 26.4 Å². The van der Waals surface area contributed by atoms with E-state index in [-0.39, 0.29) is 12.6 Å². The highest BCUT2D eigenvalue weighted by Crippen LogP contribution is 2.17. The van der Waals surface area contributed by atoms with Crippen LogP contribution in [0.3, 0.4) is 0 Å². The number of aryl methyl sites for hydroxylation is 1. The number of alkyl carbamates (subject to hydrolysis) is 1. The summed E-state index contributed by atoms with van der Waals surface area (Å²) < 4.78 is 15.6. The van der Waals surface area contributed by atoms with Crippen LogP contribution in [0.15, 0.2) is 16.5 Å². The van der Waals surface area contributed by atoms with Gasteiger partial charge in [-0.2, -0.15) is 0 Å². The van der Waals surface area contributed by atoms with Crippen LogP contribution in [0.25, 0.3) is 0 Å². The van der Waals surface area contributed by atoms with Crippen LogP contribution in [-0.2, 0) is 15.9 Å². The van der Waals surface area contributed by atoms with Crippen molar-refractivity contribution in [3.05, 3.63) is 23.7 Å². The van der Waals surface area contributed by atoms with Crippen molar-refractivity contribution in [3.8, 4) is 12.3 Å². The molecule has 5 nitrogen and oxygen atoms in total. The molecule has 1 rings (SSSR count). The van der Waals surface area contributed by atoms with E-state index in [0.717, 1.165) is 12.2 Å². The van der Waals surface area contributed by atoms with E-state index >= 15 is 0 Å². The molecular formula is C14H19NO4. The SMILES string of the molecule is C#CCCOC(=O)N[C@H](COC)c1ccc(CC)o1. The molecule has 0 saturated heterocycles. The quantitative estimate of drug-likeness (QED) is 0.607. The highest BCUT2D eigenvalue weighted by Gasteiger charge is 2.18. The van der Waals surface area contributed by atoms with Crippen molar-refractivity contribution < 1.29 is 18.7 Å². The Balaban J connectivity index is 2.57. The minimum atomic E-state index is -0.535. The van der Waals surface area contributed by atoms with E-state index in [9.17, 15) is 4.79 Å². The van der Waals surface area contributed by atoms with Crippen molar-refractivity contribution >= 4 is 6.09 Å². The standard InChI is InChI=1S/C14H19NO4/c1-4-6-9-18-14(16)15-12(10-17-3)13-8-7-11(5-2)19-13/h1,7-8,12H,5-6,9-10H2,2-3H3,(H,15,16)/t12-/m1/s1. The smallest absolute Gasteiger partial charge is 0.407 e. The van der Waals surface area contributed by atoms with Crippen molar-refractivity contribution in [2.75, 3.05) is 20.3 Å². The maximum absolute atomic E-state index is 11.6. The van der Waals surface area contributed by atoms with Crippen LogP contribution in [0.5, 0.6) is 0 Å². The molecule has 19 heavy (non-hydrogen) atoms. The van der Waals surface area contributed by atoms with Gasteiger partial charge in [-0.05, 0) is 12.1 Å². The molecule has 1 amide bonds. The lowest BCUT2D eigenvalue weighted by atomic mass is 10.2. The predicted molar refractivity (Wildman–Crippen MR) is 70.6 cm³/mol. The summed E-state index contributed by atoms with van der Waals surface area (Å²) in [6.07, 6.45) is 5.73. The summed E-state index contributed by atoms with van der Waals surface area (Å²) in [5, 5.41) is 2.68. The molecule has 0 saturated carbocycles. The van der Waals surface area contributed by atoms with E-state index in [1.165, 1.54) is 0 Å². The monoisotopic (exact) mass is 265 g/mol. The summed E-state index contributed by atoms with van der Waals surface area (Å²) in [4.78, 5) is 11.6. The topological polar surface area (TPSA) is 60.7 Å². The molecule has 0 spiro atoms. The molecule has 5 heteroatoms. The molecule has 0 aliphatic carbocycles. The second-order valence-electron chi connectivity index (χ2n) is 3.90. The molecule has 0 fully saturated rings. The van der Waals surface area contributed by atoms with E-state index < -0.39 is 6.09 Å². The zero-order valence-electron chi connectivity index (χ0n) is 11.3. The number of furan rings is 1. The summed E-state index contributed by atoms with van der Waals surface area (Å²) in [6, 6.07) is 3.33. The molecule has 0 radical (unpaired) electrons. The third-order valence-electron chi connectivity index (χ3n) is 2.48. The van der Waals surface area contributed by atoms with Crippen molar-refractivity contribution in [1.82, 2.24) is 5.32 Å². The first kappa shape index (κ1) is 15.1. The molecular weight excluding hydrogens is 246 g/mol. The van der Waals surface area contributed by atoms with Crippen LogP contribution in [0.1, 0.15) is 30.9 Å². The van der Waals surface area contributed by atoms with E-state index in [0.29, 0.717) is 18.8 Å². The Kier molecular flexibility index (Phi) is 6.55. The summed E-state index contributed by atoms with van der Waals surface area (Å²) in [6.45, 7) is 2.50. The van der Waals surface area contributed by atoms with Crippen LogP contribution >= 0.6 is 0 Å². The van der Waals surface area contributed by atoms with Gasteiger partial charge in [0.2, 0.25) is 0 Å². The van der Waals surface area contributed by atoms with E-state index in [1.54, 1.807) is 7.11 Å². The van der Waals surface area contributed by atoms with Crippen molar-refractivity contribution in [2.45, 2.75) is 25.8 Å². The molecule has 0 bridgehead atoms. The Morgan fingerprint density at radius 3 is 2.95 bits per heavy atom. The second-order valence-corrected chi connectivity index (χ2v) is 3.90. The molecule has 1 aromatic rings. The lowest BCUT2D eigenvalue weighted by molar-refractivity contribution is 0.122. The third-order valence-corrected chi connectivity index (χ3v) is 2.48. The first-order valence-corrected chi connectivity index (χ1v) is 6.15. The molecule has 0 aliphatic heterocycles. The van der Waals surface area contributed by atoms with Crippen molar-refractivity contribution in [2.24, 2.45) is 0 Å². The number of terminal acetylenes is 1. The zero-order chi connectivity index (χ0) is 14.1. The third kappa shape index (κ3) is 5.06. The number of nitrogens with one attached hydrogen (secondary N) is 1. The van der Waals surface area contributed by atoms with Gasteiger partial charge < -0.3 is 19.2 Å². The maximum Gasteiger partial charge on any atom is 0.407 e. The number of ether oxygens (including phenoxy) is 2. The molecule has 0 aromatic carbocycles. The molecule has 104 valence electrons. The van der Waals surface area contributed by atoms with Gasteiger partial charge in [-0.3, -0.25) is 0 Å². The van der Waals surface area contributed by atoms with Crippen LogP contribution < -0.4 is 5.32 Å². The lowest BCUT2D eigenvalue weighted by Crippen LogP contribution is -2.31. The van der Waals surface area contributed by atoms with Crippen LogP contribution in [0.2, 0.25) is 0 Å². The number of rotatable bonds is 7. The number of carbonyl (C=O) groups is 1. The minimum absolute atomic E-state index is 0.195. The molecule has 1 atom stereocenters. The molecule has 0 aliphatic rings. The average molecular weight is 265 g/mol. The minimum Gasteiger partial charge on any atom is -0.464 e. The van der Waals surface area contributed by atoms with Gasteiger partial charge in [-0.15, -0.1) is 12.3 Å². The average Bonchev–Trinajstić information content (AvgIpc) is 2.87. The fourth-order valence-electron chi connectivity index (χ4n) is 1.52. The fourth-order valence-corrected chi connectivity index (χ4v) is 1.52. The number of amides is 1. The Hall–Kier alpha value is -1.93. The van der Waals surface area contributed by atoms with Gasteiger partial charge in [0.1, 0.15) is 24.2 Å². The number of carbonyl (C=O) groups excluding carboxylic acids is 1. The van der Waals surface area contributed by atoms with Crippen LogP contribution in [0.4, 0.5) is 4.79 Å².